The lowest BCUT2D eigenvalue weighted by molar-refractivity contribution is -0.144. The number of Topliss-reactive ketones (excluding diaryl/α,β-unsaturated/α-hetero) is 1. The molecule has 30 heavy (non-hydrogen) atoms. The number of rotatable bonds is 4. The van der Waals surface area contributed by atoms with Crippen LogP contribution in [0.15, 0.2) is 43.2 Å². The summed E-state index contributed by atoms with van der Waals surface area (Å²) in [6, 6.07) is 3.68. The number of aromatic nitrogens is 2. The molecule has 11 heteroatoms. The zero-order chi connectivity index (χ0) is 23.0. The Kier molecular flexibility index (Phi) is 6.42. The number of nitrogens with zero attached hydrogens (tertiary/aromatic N) is 3. The summed E-state index contributed by atoms with van der Waals surface area (Å²) in [5.74, 6) is -1.48. The Morgan fingerprint density at radius 3 is 2.20 bits per heavy atom. The molecule has 0 atom stereocenters. The lowest BCUT2D eigenvalue weighted by Crippen LogP contribution is -2.41. The van der Waals surface area contributed by atoms with E-state index in [-0.39, 0.29) is 36.3 Å². The van der Waals surface area contributed by atoms with Crippen LogP contribution in [0.2, 0.25) is 0 Å². The second-order valence-electron chi connectivity index (χ2n) is 6.44. The fraction of sp³-hybridized carbons (Fsp3) is 0.263. The third-order valence-corrected chi connectivity index (χ3v) is 5.46. The van der Waals surface area contributed by atoms with E-state index >= 15 is 0 Å². The second kappa shape index (κ2) is 8.31. The van der Waals surface area contributed by atoms with Crippen LogP contribution in [0.5, 0.6) is 0 Å². The first-order valence-corrected chi connectivity index (χ1v) is 9.11. The van der Waals surface area contributed by atoms with Crippen molar-refractivity contribution in [3.8, 4) is 11.8 Å². The Balaban J connectivity index is 2.83. The van der Waals surface area contributed by atoms with Crippen LogP contribution < -0.4 is 11.2 Å². The molecule has 0 radical (unpaired) electrons. The molecule has 0 saturated carbocycles. The van der Waals surface area contributed by atoms with Gasteiger partial charge in [-0.05, 0) is 32.9 Å². The molecule has 2 rings (SSSR count). The molecule has 1 aromatic carbocycles. The van der Waals surface area contributed by atoms with E-state index in [9.17, 15) is 37.2 Å². The van der Waals surface area contributed by atoms with Crippen molar-refractivity contribution in [1.82, 2.24) is 9.13 Å². The van der Waals surface area contributed by atoms with Gasteiger partial charge in [-0.1, -0.05) is 17.3 Å². The van der Waals surface area contributed by atoms with Crippen LogP contribution in [0.3, 0.4) is 0 Å². The summed E-state index contributed by atoms with van der Waals surface area (Å²) in [4.78, 5) is 36.9. The summed E-state index contributed by atoms with van der Waals surface area (Å²) in [7, 11) is 0.801. The minimum Gasteiger partial charge on any atom is -0.294 e. The van der Waals surface area contributed by atoms with E-state index in [2.05, 4.69) is 0 Å². The van der Waals surface area contributed by atoms with Crippen LogP contribution in [0.25, 0.3) is 5.69 Å². The summed E-state index contributed by atoms with van der Waals surface area (Å²) >= 11 is 0.834. The highest BCUT2D eigenvalue weighted by molar-refractivity contribution is 8.04. The van der Waals surface area contributed by atoms with Crippen LogP contribution in [0.4, 0.5) is 17.6 Å². The van der Waals surface area contributed by atoms with E-state index in [0.717, 1.165) is 30.9 Å². The predicted octanol–water partition coefficient (Wildman–Crippen LogP) is 3.54. The lowest BCUT2D eigenvalue weighted by Gasteiger charge is -2.15. The third kappa shape index (κ3) is 4.38. The molecule has 0 aliphatic carbocycles. The molecule has 158 valence electrons. The number of allylic oxidation sites excluding steroid dienone is 2. The van der Waals surface area contributed by atoms with Gasteiger partial charge in [-0.25, -0.2) is 13.8 Å². The Morgan fingerprint density at radius 1 is 1.13 bits per heavy atom. The van der Waals surface area contributed by atoms with Crippen molar-refractivity contribution in [2.24, 2.45) is 7.05 Å². The van der Waals surface area contributed by atoms with E-state index in [0.29, 0.717) is 5.57 Å². The second-order valence-corrected chi connectivity index (χ2v) is 7.49. The van der Waals surface area contributed by atoms with Crippen LogP contribution in [0, 0.1) is 17.1 Å². The number of alkyl halides is 3. The van der Waals surface area contributed by atoms with Gasteiger partial charge in [0, 0.05) is 18.0 Å². The van der Waals surface area contributed by atoms with E-state index in [1.807, 2.05) is 0 Å². The van der Waals surface area contributed by atoms with E-state index < -0.39 is 34.6 Å². The molecular weight excluding hydrogens is 426 g/mol. The molecule has 0 aliphatic heterocycles. The predicted molar refractivity (Wildman–Crippen MR) is 102 cm³/mol. The normalized spacial score (nSPS) is 11.2. The zero-order valence-corrected chi connectivity index (χ0v) is 17.0. The molecule has 0 bridgehead atoms. The van der Waals surface area contributed by atoms with Crippen LogP contribution >= 0.6 is 11.8 Å². The van der Waals surface area contributed by atoms with Crippen molar-refractivity contribution < 1.29 is 22.4 Å². The molecule has 6 nitrogen and oxygen atoms in total. The monoisotopic (exact) mass is 441 g/mol. The minimum atomic E-state index is -4.96. The highest BCUT2D eigenvalue weighted by atomic mass is 32.2. The zero-order valence-electron chi connectivity index (χ0n) is 16.2. The van der Waals surface area contributed by atoms with Gasteiger partial charge < -0.3 is 0 Å². The minimum absolute atomic E-state index is 0.0640. The molecule has 0 unspecified atom stereocenters. The number of carbonyl (C=O) groups excluding carboxylic acids is 1. The van der Waals surface area contributed by atoms with Gasteiger partial charge in [0.2, 0.25) is 0 Å². The molecule has 1 aromatic heterocycles. The van der Waals surface area contributed by atoms with Crippen molar-refractivity contribution in [2.75, 3.05) is 0 Å². The van der Waals surface area contributed by atoms with Crippen LogP contribution in [-0.4, -0.2) is 14.9 Å². The summed E-state index contributed by atoms with van der Waals surface area (Å²) in [5, 5.41) is 9.28. The van der Waals surface area contributed by atoms with Gasteiger partial charge in [0.25, 0.3) is 5.56 Å². The first-order valence-electron chi connectivity index (χ1n) is 8.30. The molecule has 0 fully saturated rings. The molecule has 1 heterocycles. The highest BCUT2D eigenvalue weighted by Crippen LogP contribution is 2.34. The average molecular weight is 441 g/mol. The van der Waals surface area contributed by atoms with Gasteiger partial charge in [0.15, 0.2) is 5.78 Å². The number of nitriles is 1. The molecule has 0 spiro atoms. The standard InChI is InChI=1S/C19H15F4N3O3S/c1-9(2)17(10(3)27)30-14-6-13(12(20)5-11(14)8-24)26-16(28)7-15(19(21,22)23)25(4)18(26)29/h5-7H,1-4H3. The molecule has 0 amide bonds. The number of carbonyl (C=O) groups is 1. The summed E-state index contributed by atoms with van der Waals surface area (Å²) in [5.41, 5.74) is -4.47. The van der Waals surface area contributed by atoms with Gasteiger partial charge >= 0.3 is 11.9 Å². The van der Waals surface area contributed by atoms with Crippen molar-refractivity contribution in [3.63, 3.8) is 0 Å². The first kappa shape index (κ1) is 23.2. The maximum atomic E-state index is 14.6. The number of thioether (sulfide) groups is 1. The Labute approximate surface area is 172 Å². The molecule has 0 aliphatic rings. The van der Waals surface area contributed by atoms with Gasteiger partial charge in [-0.2, -0.15) is 18.4 Å². The number of hydrogen-bond acceptors (Lipinski definition) is 5. The quantitative estimate of drug-likeness (QED) is 0.412. The smallest absolute Gasteiger partial charge is 0.294 e. The van der Waals surface area contributed by atoms with Crippen LogP contribution in [-0.2, 0) is 18.0 Å². The average Bonchev–Trinajstić information content (AvgIpc) is 2.62. The SMILES string of the molecule is CC(=O)C(Sc1cc(-n2c(=O)cc(C(F)(F)F)n(C)c2=O)c(F)cc1C#N)=C(C)C. The summed E-state index contributed by atoms with van der Waals surface area (Å²) < 4.78 is 54.1. The fourth-order valence-corrected chi connectivity index (χ4v) is 3.59. The number of hydrogen-bond donors (Lipinski definition) is 0. The first-order chi connectivity index (χ1) is 13.8. The fourth-order valence-electron chi connectivity index (χ4n) is 2.64. The van der Waals surface area contributed by atoms with E-state index in [1.165, 1.54) is 6.92 Å². The van der Waals surface area contributed by atoms with Gasteiger partial charge in [0.1, 0.15) is 17.6 Å². The van der Waals surface area contributed by atoms with Crippen molar-refractivity contribution >= 4 is 17.5 Å². The van der Waals surface area contributed by atoms with Crippen molar-refractivity contribution in [1.29, 1.82) is 5.26 Å². The number of ketones is 1. The maximum Gasteiger partial charge on any atom is 0.431 e. The number of halogens is 4. The number of benzene rings is 1. The Bertz CT molecular complexity index is 1230. The molecular formula is C19H15F4N3O3S. The lowest BCUT2D eigenvalue weighted by atomic mass is 10.2. The van der Waals surface area contributed by atoms with Gasteiger partial charge in [0.05, 0.1) is 16.2 Å². The third-order valence-electron chi connectivity index (χ3n) is 4.01. The summed E-state index contributed by atoms with van der Waals surface area (Å²) in [6.45, 7) is 4.59. The Hall–Kier alpha value is -3.13. The highest BCUT2D eigenvalue weighted by Gasteiger charge is 2.35. The summed E-state index contributed by atoms with van der Waals surface area (Å²) in [6.07, 6.45) is -4.96. The van der Waals surface area contributed by atoms with Gasteiger partial charge in [-0.3, -0.25) is 14.2 Å². The topological polar surface area (TPSA) is 84.9 Å². The van der Waals surface area contributed by atoms with E-state index in [1.54, 1.807) is 19.9 Å². The largest absolute Gasteiger partial charge is 0.431 e. The molecule has 0 saturated heterocycles. The molecule has 2 aromatic rings. The van der Waals surface area contributed by atoms with Gasteiger partial charge in [-0.15, -0.1) is 0 Å². The van der Waals surface area contributed by atoms with Crippen molar-refractivity contribution in [3.05, 3.63) is 66.6 Å². The maximum absolute atomic E-state index is 14.6. The van der Waals surface area contributed by atoms with Crippen LogP contribution in [0.1, 0.15) is 32.0 Å². The molecule has 0 N–H and O–H groups in total. The van der Waals surface area contributed by atoms with E-state index in [4.69, 9.17) is 0 Å². The van der Waals surface area contributed by atoms with Crippen molar-refractivity contribution in [2.45, 2.75) is 31.8 Å². The Morgan fingerprint density at radius 2 is 1.73 bits per heavy atom.